The molecule has 0 fully saturated rings. The molecular formula is C25H44O4. The predicted octanol–water partition coefficient (Wildman–Crippen LogP) is 7.08. The summed E-state index contributed by atoms with van der Waals surface area (Å²) in [5.74, 6) is -0.943. The van der Waals surface area contributed by atoms with Gasteiger partial charge in [0.15, 0.2) is 0 Å². The molecular weight excluding hydrogens is 364 g/mol. The summed E-state index contributed by atoms with van der Waals surface area (Å²) < 4.78 is 0. The minimum absolute atomic E-state index is 0.145. The van der Waals surface area contributed by atoms with Crippen molar-refractivity contribution in [2.45, 2.75) is 111 Å². The highest BCUT2D eigenvalue weighted by Gasteiger charge is 2.60. The van der Waals surface area contributed by atoms with Crippen molar-refractivity contribution in [2.75, 3.05) is 0 Å². The van der Waals surface area contributed by atoms with E-state index in [4.69, 9.17) is 0 Å². The van der Waals surface area contributed by atoms with Gasteiger partial charge in [0.05, 0.1) is 10.8 Å². The first kappa shape index (κ1) is 25.7. The van der Waals surface area contributed by atoms with Gasteiger partial charge in [-0.1, -0.05) is 97.6 Å². The van der Waals surface area contributed by atoms with E-state index in [0.29, 0.717) is 25.7 Å². The van der Waals surface area contributed by atoms with Crippen LogP contribution in [0.25, 0.3) is 0 Å². The van der Waals surface area contributed by atoms with Gasteiger partial charge in [0, 0.05) is 0 Å². The van der Waals surface area contributed by atoms with Crippen LogP contribution in [0.1, 0.15) is 111 Å². The third-order valence-corrected chi connectivity index (χ3v) is 6.73. The summed E-state index contributed by atoms with van der Waals surface area (Å²) in [5.41, 5.74) is -2.38. The first-order valence-corrected chi connectivity index (χ1v) is 11.8. The third kappa shape index (κ3) is 7.15. The molecule has 0 spiro atoms. The molecule has 2 unspecified atom stereocenters. The van der Waals surface area contributed by atoms with Crippen molar-refractivity contribution in [3.8, 4) is 0 Å². The highest BCUT2D eigenvalue weighted by Crippen LogP contribution is 2.55. The zero-order valence-corrected chi connectivity index (χ0v) is 19.2. The summed E-state index contributed by atoms with van der Waals surface area (Å²) in [5, 5.41) is 20.3. The second kappa shape index (κ2) is 12.4. The molecule has 4 nitrogen and oxygen atoms in total. The molecule has 2 N–H and O–H groups in total. The van der Waals surface area contributed by atoms with Crippen molar-refractivity contribution in [3.63, 3.8) is 0 Å². The van der Waals surface area contributed by atoms with Crippen LogP contribution in [0.15, 0.2) is 12.2 Å². The zero-order valence-electron chi connectivity index (χ0n) is 19.2. The molecule has 0 aromatic rings. The fourth-order valence-corrected chi connectivity index (χ4v) is 5.10. The standard InChI is InChI=1S/C25H44O4/c1-20(2)15-11-9-7-5-6-8-10-12-16-24(22(26)27)17-13-14-18-25(24,23(28)29)19-21(3)4/h13-14,20-21H,5-12,15-19H2,1-4H3,(H,26,27)(H,28,29). The van der Waals surface area contributed by atoms with Gasteiger partial charge in [-0.2, -0.15) is 0 Å². The lowest BCUT2D eigenvalue weighted by Gasteiger charge is -2.47. The second-order valence-corrected chi connectivity index (χ2v) is 10.0. The molecule has 168 valence electrons. The van der Waals surface area contributed by atoms with Gasteiger partial charge in [-0.15, -0.1) is 0 Å². The van der Waals surface area contributed by atoms with Crippen molar-refractivity contribution < 1.29 is 19.8 Å². The molecule has 0 bridgehead atoms. The highest BCUT2D eigenvalue weighted by atomic mass is 16.4. The molecule has 0 heterocycles. The van der Waals surface area contributed by atoms with E-state index in [1.165, 1.54) is 38.5 Å². The van der Waals surface area contributed by atoms with Crippen molar-refractivity contribution in [2.24, 2.45) is 22.7 Å². The quantitative estimate of drug-likeness (QED) is 0.224. The van der Waals surface area contributed by atoms with Crippen LogP contribution >= 0.6 is 0 Å². The molecule has 0 aromatic heterocycles. The van der Waals surface area contributed by atoms with Crippen LogP contribution in [0.3, 0.4) is 0 Å². The molecule has 29 heavy (non-hydrogen) atoms. The van der Waals surface area contributed by atoms with E-state index in [2.05, 4.69) is 13.8 Å². The molecule has 2 atom stereocenters. The molecule has 0 aliphatic heterocycles. The van der Waals surface area contributed by atoms with Crippen LogP contribution in [0.4, 0.5) is 0 Å². The minimum Gasteiger partial charge on any atom is -0.481 e. The Morgan fingerprint density at radius 1 is 0.724 bits per heavy atom. The lowest BCUT2D eigenvalue weighted by atomic mass is 9.53. The van der Waals surface area contributed by atoms with E-state index in [0.717, 1.165) is 25.2 Å². The van der Waals surface area contributed by atoms with E-state index >= 15 is 0 Å². The SMILES string of the molecule is CC(C)CCCCCCCCCCC1(C(=O)O)CC=CCC1(CC(C)C)C(=O)O. The lowest BCUT2D eigenvalue weighted by Crippen LogP contribution is -2.54. The van der Waals surface area contributed by atoms with Crippen LogP contribution < -0.4 is 0 Å². The summed E-state index contributed by atoms with van der Waals surface area (Å²) in [4.78, 5) is 24.7. The molecule has 0 aromatic carbocycles. The van der Waals surface area contributed by atoms with E-state index < -0.39 is 22.8 Å². The number of allylic oxidation sites excluding steroid dienone is 2. The van der Waals surface area contributed by atoms with E-state index in [-0.39, 0.29) is 5.92 Å². The van der Waals surface area contributed by atoms with Gasteiger partial charge in [-0.3, -0.25) is 9.59 Å². The summed E-state index contributed by atoms with van der Waals surface area (Å²) in [6.45, 7) is 8.51. The van der Waals surface area contributed by atoms with Crippen LogP contribution in [0.2, 0.25) is 0 Å². The Hall–Kier alpha value is -1.32. The number of carboxylic acid groups (broad SMARTS) is 2. The van der Waals surface area contributed by atoms with Crippen LogP contribution in [0, 0.1) is 22.7 Å². The average molecular weight is 409 g/mol. The fraction of sp³-hybridized carbons (Fsp3) is 0.840. The summed E-state index contributed by atoms with van der Waals surface area (Å²) in [6, 6.07) is 0. The number of hydrogen-bond acceptors (Lipinski definition) is 2. The van der Waals surface area contributed by atoms with E-state index in [1.807, 2.05) is 26.0 Å². The summed E-state index contributed by atoms with van der Waals surface area (Å²) in [6.07, 6.45) is 15.8. The molecule has 4 heteroatoms. The Bertz CT molecular complexity index is 537. The van der Waals surface area contributed by atoms with Gasteiger partial charge in [0.25, 0.3) is 0 Å². The fourth-order valence-electron chi connectivity index (χ4n) is 5.10. The molecule has 0 radical (unpaired) electrons. The number of rotatable bonds is 15. The maximum Gasteiger partial charge on any atom is 0.311 e. The van der Waals surface area contributed by atoms with Crippen molar-refractivity contribution in [1.82, 2.24) is 0 Å². The largest absolute Gasteiger partial charge is 0.481 e. The van der Waals surface area contributed by atoms with Gasteiger partial charge >= 0.3 is 11.9 Å². The predicted molar refractivity (Wildman–Crippen MR) is 119 cm³/mol. The normalized spacial score (nSPS) is 24.3. The smallest absolute Gasteiger partial charge is 0.311 e. The Balaban J connectivity index is 2.57. The van der Waals surface area contributed by atoms with Gasteiger partial charge in [-0.25, -0.2) is 0 Å². The van der Waals surface area contributed by atoms with Gasteiger partial charge in [0.2, 0.25) is 0 Å². The third-order valence-electron chi connectivity index (χ3n) is 6.73. The zero-order chi connectivity index (χ0) is 21.9. The Kier molecular flexibility index (Phi) is 11.0. The van der Waals surface area contributed by atoms with Gasteiger partial charge in [-0.05, 0) is 37.5 Å². The van der Waals surface area contributed by atoms with Crippen LogP contribution in [-0.4, -0.2) is 22.2 Å². The van der Waals surface area contributed by atoms with Crippen molar-refractivity contribution in [1.29, 1.82) is 0 Å². The molecule has 0 amide bonds. The van der Waals surface area contributed by atoms with Crippen LogP contribution in [0.5, 0.6) is 0 Å². The molecule has 1 aliphatic rings. The second-order valence-electron chi connectivity index (χ2n) is 10.0. The van der Waals surface area contributed by atoms with Gasteiger partial charge in [0.1, 0.15) is 0 Å². The topological polar surface area (TPSA) is 74.6 Å². The Morgan fingerprint density at radius 2 is 1.17 bits per heavy atom. The van der Waals surface area contributed by atoms with Crippen molar-refractivity contribution in [3.05, 3.63) is 12.2 Å². The molecule has 1 rings (SSSR count). The van der Waals surface area contributed by atoms with Gasteiger partial charge < -0.3 is 10.2 Å². The maximum absolute atomic E-state index is 12.4. The number of unbranched alkanes of at least 4 members (excludes halogenated alkanes) is 7. The number of hydrogen-bond donors (Lipinski definition) is 2. The maximum atomic E-state index is 12.4. The van der Waals surface area contributed by atoms with E-state index in [9.17, 15) is 19.8 Å². The summed E-state index contributed by atoms with van der Waals surface area (Å²) >= 11 is 0. The lowest BCUT2D eigenvalue weighted by molar-refractivity contribution is -0.178. The minimum atomic E-state index is -1.20. The monoisotopic (exact) mass is 408 g/mol. The first-order chi connectivity index (χ1) is 13.7. The summed E-state index contributed by atoms with van der Waals surface area (Å²) in [7, 11) is 0. The number of carboxylic acids is 2. The average Bonchev–Trinajstić information content (AvgIpc) is 2.63. The molecule has 0 saturated carbocycles. The highest BCUT2D eigenvalue weighted by molar-refractivity contribution is 5.87. The van der Waals surface area contributed by atoms with Crippen molar-refractivity contribution >= 4 is 11.9 Å². The molecule has 0 saturated heterocycles. The first-order valence-electron chi connectivity index (χ1n) is 11.8. The number of aliphatic carboxylic acids is 2. The Morgan fingerprint density at radius 3 is 1.62 bits per heavy atom. The molecule has 1 aliphatic carbocycles. The number of carbonyl (C=O) groups is 2. The van der Waals surface area contributed by atoms with Crippen LogP contribution in [-0.2, 0) is 9.59 Å². The Labute approximate surface area is 178 Å². The van der Waals surface area contributed by atoms with E-state index in [1.54, 1.807) is 0 Å².